The van der Waals surface area contributed by atoms with Gasteiger partial charge in [-0.15, -0.1) is 0 Å². The molecule has 1 amide bonds. The molecule has 2 N–H and O–H groups in total. The Balaban J connectivity index is 1.76. The van der Waals surface area contributed by atoms with Crippen molar-refractivity contribution in [1.29, 1.82) is 0 Å². The number of carbonyl (C=O) groups excluding carboxylic acids is 1. The third kappa shape index (κ3) is 4.76. The summed E-state index contributed by atoms with van der Waals surface area (Å²) in [5.74, 6) is 1.25. The van der Waals surface area contributed by atoms with Crippen LogP contribution in [0.25, 0.3) is 0 Å². The molecule has 5 nitrogen and oxygen atoms in total. The van der Waals surface area contributed by atoms with Crippen molar-refractivity contribution in [2.45, 2.75) is 39.5 Å². The van der Waals surface area contributed by atoms with Crippen molar-refractivity contribution >= 4 is 17.3 Å². The van der Waals surface area contributed by atoms with Crippen molar-refractivity contribution in [2.24, 2.45) is 11.0 Å². The molecule has 1 saturated carbocycles. The van der Waals surface area contributed by atoms with Gasteiger partial charge in [0.1, 0.15) is 5.75 Å². The van der Waals surface area contributed by atoms with E-state index in [0.717, 1.165) is 30.0 Å². The summed E-state index contributed by atoms with van der Waals surface area (Å²) in [6.07, 6.45) is 4.47. The van der Waals surface area contributed by atoms with Crippen molar-refractivity contribution in [2.75, 3.05) is 18.5 Å². The second-order valence-electron chi connectivity index (χ2n) is 5.45. The van der Waals surface area contributed by atoms with E-state index in [1.807, 2.05) is 31.2 Å². The molecule has 1 aromatic carbocycles. The first-order valence-corrected chi connectivity index (χ1v) is 8.05. The minimum atomic E-state index is -0.122. The fourth-order valence-electron chi connectivity index (χ4n) is 2.68. The van der Waals surface area contributed by atoms with Gasteiger partial charge in [-0.1, -0.05) is 6.92 Å². The van der Waals surface area contributed by atoms with E-state index in [-0.39, 0.29) is 12.5 Å². The third-order valence-electron chi connectivity index (χ3n) is 3.89. The molecule has 1 fully saturated rings. The van der Waals surface area contributed by atoms with E-state index < -0.39 is 0 Å². The maximum Gasteiger partial charge on any atom is 0.259 e. The molecule has 0 spiro atoms. The van der Waals surface area contributed by atoms with Crippen LogP contribution in [0.1, 0.15) is 39.5 Å². The van der Waals surface area contributed by atoms with Gasteiger partial charge in [0.2, 0.25) is 0 Å². The van der Waals surface area contributed by atoms with Gasteiger partial charge in [0, 0.05) is 11.4 Å². The molecule has 0 bridgehead atoms. The maximum atomic E-state index is 11.8. The second-order valence-corrected chi connectivity index (χ2v) is 5.45. The lowest BCUT2D eigenvalue weighted by Crippen LogP contribution is -2.27. The fourth-order valence-corrected chi connectivity index (χ4v) is 2.68. The van der Waals surface area contributed by atoms with Crippen LogP contribution in [-0.2, 0) is 4.79 Å². The summed E-state index contributed by atoms with van der Waals surface area (Å²) in [5, 5.41) is 7.36. The zero-order valence-electron chi connectivity index (χ0n) is 13.4. The van der Waals surface area contributed by atoms with Crippen molar-refractivity contribution in [3.63, 3.8) is 0 Å². The van der Waals surface area contributed by atoms with Crippen molar-refractivity contribution in [3.05, 3.63) is 24.3 Å². The summed E-state index contributed by atoms with van der Waals surface area (Å²) >= 11 is 0. The molecule has 1 aromatic rings. The highest BCUT2D eigenvalue weighted by Gasteiger charge is 2.20. The van der Waals surface area contributed by atoms with E-state index >= 15 is 0 Å². The number of benzene rings is 1. The molecule has 1 aliphatic carbocycles. The normalized spacial score (nSPS) is 19.2. The van der Waals surface area contributed by atoms with Crippen LogP contribution in [0.5, 0.6) is 5.75 Å². The van der Waals surface area contributed by atoms with Crippen LogP contribution in [0.3, 0.4) is 0 Å². The molecular weight excluding hydrogens is 278 g/mol. The average Bonchev–Trinajstić information content (AvgIpc) is 3.00. The number of carbonyl (C=O) groups is 1. The highest BCUT2D eigenvalue weighted by atomic mass is 16.5. The Hall–Kier alpha value is -2.04. The van der Waals surface area contributed by atoms with Gasteiger partial charge >= 0.3 is 0 Å². The molecule has 1 atom stereocenters. The average molecular weight is 303 g/mol. The van der Waals surface area contributed by atoms with Gasteiger partial charge in [0.15, 0.2) is 0 Å². The van der Waals surface area contributed by atoms with Gasteiger partial charge in [-0.25, -0.2) is 5.43 Å². The Morgan fingerprint density at radius 3 is 2.77 bits per heavy atom. The Bertz CT molecular complexity index is 511. The Morgan fingerprint density at radius 1 is 1.32 bits per heavy atom. The lowest BCUT2D eigenvalue weighted by molar-refractivity contribution is -0.119. The first-order valence-electron chi connectivity index (χ1n) is 8.05. The molecule has 0 heterocycles. The van der Waals surface area contributed by atoms with Crippen LogP contribution in [0.2, 0.25) is 0 Å². The van der Waals surface area contributed by atoms with Gasteiger partial charge in [-0.05, 0) is 62.8 Å². The molecule has 0 aromatic heterocycles. The van der Waals surface area contributed by atoms with Crippen molar-refractivity contribution in [1.82, 2.24) is 5.43 Å². The van der Waals surface area contributed by atoms with E-state index in [1.165, 1.54) is 12.8 Å². The highest BCUT2D eigenvalue weighted by Crippen LogP contribution is 2.24. The Morgan fingerprint density at radius 2 is 2.09 bits per heavy atom. The lowest BCUT2D eigenvalue weighted by Gasteiger charge is -2.09. The van der Waals surface area contributed by atoms with Gasteiger partial charge < -0.3 is 10.1 Å². The number of rotatable bonds is 7. The summed E-state index contributed by atoms with van der Waals surface area (Å²) in [6.45, 7) is 4.97. The molecule has 0 saturated heterocycles. The first kappa shape index (κ1) is 16.3. The number of anilines is 1. The second kappa shape index (κ2) is 8.41. The zero-order chi connectivity index (χ0) is 15.8. The minimum Gasteiger partial charge on any atom is -0.494 e. The van der Waals surface area contributed by atoms with Crippen LogP contribution in [0, 0.1) is 5.92 Å². The number of hydrogen-bond acceptors (Lipinski definition) is 4. The summed E-state index contributed by atoms with van der Waals surface area (Å²) in [5.41, 5.74) is 4.68. The van der Waals surface area contributed by atoms with E-state index in [0.29, 0.717) is 12.5 Å². The van der Waals surface area contributed by atoms with Gasteiger partial charge in [-0.2, -0.15) is 5.10 Å². The quantitative estimate of drug-likeness (QED) is 0.760. The van der Waals surface area contributed by atoms with Gasteiger partial charge in [0.25, 0.3) is 5.91 Å². The summed E-state index contributed by atoms with van der Waals surface area (Å²) in [4.78, 5) is 11.8. The van der Waals surface area contributed by atoms with Crippen molar-refractivity contribution < 1.29 is 9.53 Å². The topological polar surface area (TPSA) is 62.7 Å². The minimum absolute atomic E-state index is 0.122. The number of nitrogens with zero attached hydrogens (tertiary/aromatic N) is 1. The Labute approximate surface area is 132 Å². The molecule has 120 valence electrons. The highest BCUT2D eigenvalue weighted by molar-refractivity contribution is 5.90. The Kier molecular flexibility index (Phi) is 6.25. The SMILES string of the molecule is CCOc1ccc(NCC(=O)N/N=C2/CCC[C@@H]2CC)cc1. The van der Waals surface area contributed by atoms with E-state index in [9.17, 15) is 4.79 Å². The fraction of sp³-hybridized carbons (Fsp3) is 0.529. The predicted octanol–water partition coefficient (Wildman–Crippen LogP) is 3.18. The van der Waals surface area contributed by atoms with Crippen LogP contribution >= 0.6 is 0 Å². The van der Waals surface area contributed by atoms with E-state index in [1.54, 1.807) is 0 Å². The first-order chi connectivity index (χ1) is 10.7. The molecule has 22 heavy (non-hydrogen) atoms. The predicted molar refractivity (Wildman–Crippen MR) is 89.3 cm³/mol. The zero-order valence-corrected chi connectivity index (χ0v) is 13.4. The lowest BCUT2D eigenvalue weighted by atomic mass is 10.0. The standard InChI is InChI=1S/C17H25N3O2/c1-3-13-6-5-7-16(13)19-20-17(21)12-18-14-8-10-15(11-9-14)22-4-2/h8-11,13,18H,3-7,12H2,1-2H3,(H,20,21)/b19-16-/t13-/m0/s1. The number of hydrogen-bond donors (Lipinski definition) is 2. The van der Waals surface area contributed by atoms with Crippen LogP contribution in [0.4, 0.5) is 5.69 Å². The molecule has 0 unspecified atom stereocenters. The van der Waals surface area contributed by atoms with Crippen molar-refractivity contribution in [3.8, 4) is 5.75 Å². The molecule has 2 rings (SSSR count). The van der Waals surface area contributed by atoms with Crippen LogP contribution < -0.4 is 15.5 Å². The summed E-state index contributed by atoms with van der Waals surface area (Å²) < 4.78 is 5.38. The number of nitrogens with one attached hydrogen (secondary N) is 2. The van der Waals surface area contributed by atoms with Crippen LogP contribution in [0.15, 0.2) is 29.4 Å². The van der Waals surface area contributed by atoms with E-state index in [4.69, 9.17) is 4.74 Å². The molecule has 5 heteroatoms. The summed E-state index contributed by atoms with van der Waals surface area (Å²) in [6, 6.07) is 7.56. The molecular formula is C17H25N3O2. The van der Waals surface area contributed by atoms with E-state index in [2.05, 4.69) is 22.8 Å². The summed E-state index contributed by atoms with van der Waals surface area (Å²) in [7, 11) is 0. The van der Waals surface area contributed by atoms with Crippen LogP contribution in [-0.4, -0.2) is 24.8 Å². The molecule has 1 aliphatic rings. The molecule has 0 radical (unpaired) electrons. The molecule has 0 aliphatic heterocycles. The number of ether oxygens (including phenoxy) is 1. The van der Waals surface area contributed by atoms with Gasteiger partial charge in [-0.3, -0.25) is 4.79 Å². The maximum absolute atomic E-state index is 11.8. The number of hydrazone groups is 1. The van der Waals surface area contributed by atoms with Gasteiger partial charge in [0.05, 0.1) is 13.2 Å². The third-order valence-corrected chi connectivity index (χ3v) is 3.89. The number of amides is 1. The smallest absolute Gasteiger partial charge is 0.259 e. The monoisotopic (exact) mass is 303 g/mol. The largest absolute Gasteiger partial charge is 0.494 e.